The molecule has 0 nitrogen and oxygen atoms in total. The number of hydrogen-bond donors (Lipinski definition) is 0. The van der Waals surface area contributed by atoms with Gasteiger partial charge in [-0.05, 0) is 83.0 Å². The monoisotopic (exact) mass is 424 g/mol. The third-order valence-corrected chi connectivity index (χ3v) is 6.19. The zero-order valence-corrected chi connectivity index (χ0v) is 17.7. The highest BCUT2D eigenvalue weighted by molar-refractivity contribution is 9.10. The van der Waals surface area contributed by atoms with Gasteiger partial charge in [0.05, 0.1) is 0 Å². The van der Waals surface area contributed by atoms with Crippen molar-refractivity contribution in [2.75, 3.05) is 0 Å². The zero-order chi connectivity index (χ0) is 19.3. The van der Waals surface area contributed by atoms with Crippen molar-refractivity contribution in [2.45, 2.75) is 20.3 Å². The first-order chi connectivity index (χ1) is 13.6. The predicted octanol–water partition coefficient (Wildman–Crippen LogP) is 7.97. The van der Waals surface area contributed by atoms with E-state index in [0.717, 1.165) is 10.9 Å². The number of benzene rings is 4. The van der Waals surface area contributed by atoms with E-state index in [9.17, 15) is 0 Å². The molecule has 0 saturated carbocycles. The lowest BCUT2D eigenvalue weighted by Gasteiger charge is -2.11. The van der Waals surface area contributed by atoms with Crippen molar-refractivity contribution in [2.24, 2.45) is 0 Å². The molecule has 5 rings (SSSR count). The molecule has 0 saturated heterocycles. The van der Waals surface area contributed by atoms with Crippen LogP contribution >= 0.6 is 15.9 Å². The summed E-state index contributed by atoms with van der Waals surface area (Å²) in [6, 6.07) is 29.1. The Morgan fingerprint density at radius 1 is 0.571 bits per heavy atom. The summed E-state index contributed by atoms with van der Waals surface area (Å²) in [5.74, 6) is 0. The van der Waals surface area contributed by atoms with Gasteiger partial charge in [-0.25, -0.2) is 0 Å². The number of aryl methyl sites for hydroxylation is 2. The van der Waals surface area contributed by atoms with E-state index < -0.39 is 0 Å². The van der Waals surface area contributed by atoms with E-state index in [1.807, 2.05) is 0 Å². The third kappa shape index (κ3) is 3.00. The molecule has 0 N–H and O–H groups in total. The standard InChI is InChI=1S/C27H21Br/c1-17-3-7-19(8-4-17)21-11-12-22-14-26-25(20-9-5-18(2)6-10-20)15-23(28)16-27(26)24(22)13-21/h3-13,15-16H,14H2,1-2H3. The molecule has 0 bridgehead atoms. The Labute approximate surface area is 175 Å². The highest BCUT2D eigenvalue weighted by Gasteiger charge is 2.23. The summed E-state index contributed by atoms with van der Waals surface area (Å²) in [6.45, 7) is 4.27. The Hall–Kier alpha value is -2.64. The first kappa shape index (κ1) is 17.5. The largest absolute Gasteiger partial charge is 0.0587 e. The minimum Gasteiger partial charge on any atom is -0.0587 e. The number of halogens is 1. The van der Waals surface area contributed by atoms with E-state index in [1.54, 1.807) is 0 Å². The number of rotatable bonds is 2. The first-order valence-corrected chi connectivity index (χ1v) is 10.5. The molecule has 1 aliphatic carbocycles. The van der Waals surface area contributed by atoms with Gasteiger partial charge in [0.25, 0.3) is 0 Å². The van der Waals surface area contributed by atoms with Gasteiger partial charge in [0.15, 0.2) is 0 Å². The molecular formula is C27H21Br. The van der Waals surface area contributed by atoms with Gasteiger partial charge in [-0.1, -0.05) is 87.7 Å². The maximum atomic E-state index is 3.75. The molecule has 4 aromatic rings. The number of fused-ring (bicyclic) bond motifs is 3. The second-order valence-corrected chi connectivity index (χ2v) is 8.68. The van der Waals surface area contributed by atoms with E-state index in [0.29, 0.717) is 0 Å². The lowest BCUT2D eigenvalue weighted by atomic mass is 9.95. The molecule has 1 aliphatic rings. The zero-order valence-electron chi connectivity index (χ0n) is 16.1. The van der Waals surface area contributed by atoms with Crippen LogP contribution in [0.2, 0.25) is 0 Å². The summed E-state index contributed by atoms with van der Waals surface area (Å²) in [5, 5.41) is 0. The Bertz CT molecular complexity index is 1180. The van der Waals surface area contributed by atoms with Gasteiger partial charge < -0.3 is 0 Å². The Morgan fingerprint density at radius 2 is 1.14 bits per heavy atom. The molecule has 0 atom stereocenters. The fourth-order valence-corrected chi connectivity index (χ4v) is 4.61. The van der Waals surface area contributed by atoms with Crippen molar-refractivity contribution in [1.82, 2.24) is 0 Å². The molecule has 136 valence electrons. The first-order valence-electron chi connectivity index (χ1n) is 9.68. The van der Waals surface area contributed by atoms with Gasteiger partial charge in [0.1, 0.15) is 0 Å². The van der Waals surface area contributed by atoms with E-state index in [-0.39, 0.29) is 0 Å². The van der Waals surface area contributed by atoms with Crippen LogP contribution in [0, 0.1) is 13.8 Å². The summed E-state index contributed by atoms with van der Waals surface area (Å²) >= 11 is 3.75. The second-order valence-electron chi connectivity index (χ2n) is 7.76. The minimum atomic E-state index is 0.995. The highest BCUT2D eigenvalue weighted by Crippen LogP contribution is 2.44. The smallest absolute Gasteiger partial charge is 0.0187 e. The SMILES string of the molecule is Cc1ccc(-c2ccc3c(c2)-c2cc(Br)cc(-c4ccc(C)cc4)c2C3)cc1. The topological polar surface area (TPSA) is 0 Å². The summed E-state index contributed by atoms with van der Waals surface area (Å²) in [5.41, 5.74) is 13.3. The van der Waals surface area contributed by atoms with Crippen LogP contribution in [0.15, 0.2) is 83.3 Å². The van der Waals surface area contributed by atoms with Gasteiger partial charge in [-0.2, -0.15) is 0 Å². The average molecular weight is 425 g/mol. The Morgan fingerprint density at radius 3 is 1.82 bits per heavy atom. The summed E-state index contributed by atoms with van der Waals surface area (Å²) in [7, 11) is 0. The van der Waals surface area contributed by atoms with Crippen molar-refractivity contribution >= 4 is 15.9 Å². The van der Waals surface area contributed by atoms with E-state index in [2.05, 4.69) is 109 Å². The lowest BCUT2D eigenvalue weighted by molar-refractivity contribution is 1.26. The molecule has 4 aromatic carbocycles. The molecule has 0 aromatic heterocycles. The fraction of sp³-hybridized carbons (Fsp3) is 0.111. The van der Waals surface area contributed by atoms with E-state index in [1.165, 1.54) is 55.6 Å². The molecule has 28 heavy (non-hydrogen) atoms. The van der Waals surface area contributed by atoms with Crippen LogP contribution in [0.5, 0.6) is 0 Å². The van der Waals surface area contributed by atoms with E-state index >= 15 is 0 Å². The molecule has 0 heterocycles. The summed E-state index contributed by atoms with van der Waals surface area (Å²) in [4.78, 5) is 0. The lowest BCUT2D eigenvalue weighted by Crippen LogP contribution is -1.89. The van der Waals surface area contributed by atoms with Crippen LogP contribution in [-0.2, 0) is 6.42 Å². The van der Waals surface area contributed by atoms with Crippen LogP contribution in [0.1, 0.15) is 22.3 Å². The van der Waals surface area contributed by atoms with Gasteiger partial charge in [-0.15, -0.1) is 0 Å². The molecule has 0 aliphatic heterocycles. The summed E-state index contributed by atoms with van der Waals surface area (Å²) in [6.07, 6.45) is 0.995. The molecule has 0 unspecified atom stereocenters. The second kappa shape index (κ2) is 6.76. The Kier molecular flexibility index (Phi) is 4.21. The molecule has 0 radical (unpaired) electrons. The molecule has 0 spiro atoms. The van der Waals surface area contributed by atoms with Crippen LogP contribution in [0.4, 0.5) is 0 Å². The Balaban J connectivity index is 1.65. The van der Waals surface area contributed by atoms with Gasteiger partial charge in [-0.3, -0.25) is 0 Å². The van der Waals surface area contributed by atoms with Gasteiger partial charge in [0, 0.05) is 4.47 Å². The summed E-state index contributed by atoms with van der Waals surface area (Å²) < 4.78 is 1.13. The molecule has 0 fully saturated rings. The molecule has 1 heteroatoms. The highest BCUT2D eigenvalue weighted by atomic mass is 79.9. The maximum Gasteiger partial charge on any atom is 0.0187 e. The van der Waals surface area contributed by atoms with Gasteiger partial charge in [0.2, 0.25) is 0 Å². The molecule has 0 amide bonds. The van der Waals surface area contributed by atoms with Gasteiger partial charge >= 0.3 is 0 Å². The molecular weight excluding hydrogens is 404 g/mol. The predicted molar refractivity (Wildman–Crippen MR) is 123 cm³/mol. The van der Waals surface area contributed by atoms with Crippen molar-refractivity contribution < 1.29 is 0 Å². The normalized spacial score (nSPS) is 12.0. The fourth-order valence-electron chi connectivity index (χ4n) is 4.16. The van der Waals surface area contributed by atoms with Crippen LogP contribution < -0.4 is 0 Å². The third-order valence-electron chi connectivity index (χ3n) is 5.73. The van der Waals surface area contributed by atoms with Crippen molar-refractivity contribution in [3.8, 4) is 33.4 Å². The minimum absolute atomic E-state index is 0.995. The quantitative estimate of drug-likeness (QED) is 0.269. The number of hydrogen-bond acceptors (Lipinski definition) is 0. The van der Waals surface area contributed by atoms with Crippen molar-refractivity contribution in [1.29, 1.82) is 0 Å². The average Bonchev–Trinajstić information content (AvgIpc) is 3.06. The maximum absolute atomic E-state index is 3.75. The van der Waals surface area contributed by atoms with Crippen LogP contribution in [0.25, 0.3) is 33.4 Å². The van der Waals surface area contributed by atoms with Crippen molar-refractivity contribution in [3.63, 3.8) is 0 Å². The van der Waals surface area contributed by atoms with Crippen LogP contribution in [-0.4, -0.2) is 0 Å². The van der Waals surface area contributed by atoms with Crippen LogP contribution in [0.3, 0.4) is 0 Å². The van der Waals surface area contributed by atoms with E-state index in [4.69, 9.17) is 0 Å². The van der Waals surface area contributed by atoms with Crippen molar-refractivity contribution in [3.05, 3.63) is 106 Å².